The molecule has 0 aromatic heterocycles. The number of nitrogens with zero attached hydrogens (tertiary/aromatic N) is 1. The summed E-state index contributed by atoms with van der Waals surface area (Å²) in [6.45, 7) is 0. The number of amides is 1. The second-order valence-corrected chi connectivity index (χ2v) is 5.19. The minimum atomic E-state index is -1.08. The Balaban J connectivity index is 2.28. The second-order valence-electron chi connectivity index (χ2n) is 3.75. The first-order valence-corrected chi connectivity index (χ1v) is 6.60. The molecule has 7 heteroatoms. The normalized spacial score (nSPS) is 19.0. The van der Waals surface area contributed by atoms with E-state index in [2.05, 4.69) is 0 Å². The number of halogens is 2. The molecular weight excluding hydrogens is 281 g/mol. The summed E-state index contributed by atoms with van der Waals surface area (Å²) in [5, 5.41) is 9.16. The van der Waals surface area contributed by atoms with Gasteiger partial charge in [0.05, 0.1) is 11.4 Å². The molecule has 0 saturated carbocycles. The molecule has 1 saturated heterocycles. The van der Waals surface area contributed by atoms with Crippen molar-refractivity contribution in [3.8, 4) is 0 Å². The summed E-state index contributed by atoms with van der Waals surface area (Å²) in [6, 6.07) is 2.80. The van der Waals surface area contributed by atoms with Crippen LogP contribution in [0.1, 0.15) is 10.4 Å². The lowest BCUT2D eigenvalue weighted by Crippen LogP contribution is -2.42. The molecule has 0 radical (unpaired) electrons. The number of thioether (sulfide) groups is 1. The van der Waals surface area contributed by atoms with Crippen LogP contribution in [0.5, 0.6) is 0 Å². The lowest BCUT2D eigenvalue weighted by Gasteiger charge is -2.20. The lowest BCUT2D eigenvalue weighted by molar-refractivity contribution is -0.140. The molecule has 0 aliphatic carbocycles. The van der Waals surface area contributed by atoms with Gasteiger partial charge in [0.15, 0.2) is 0 Å². The molecule has 1 amide bonds. The molecule has 0 bridgehead atoms. The maximum atomic E-state index is 13.6. The molecule has 1 N–H and O–H groups in total. The van der Waals surface area contributed by atoms with E-state index in [1.54, 1.807) is 0 Å². The van der Waals surface area contributed by atoms with Gasteiger partial charge in [-0.1, -0.05) is 11.6 Å². The van der Waals surface area contributed by atoms with Crippen molar-refractivity contribution < 1.29 is 19.1 Å². The summed E-state index contributed by atoms with van der Waals surface area (Å²) in [5.41, 5.74) is -0.159. The molecule has 1 aromatic carbocycles. The Hall–Kier alpha value is -1.27. The van der Waals surface area contributed by atoms with Crippen molar-refractivity contribution in [2.75, 3.05) is 11.6 Å². The van der Waals surface area contributed by atoms with E-state index < -0.39 is 23.7 Å². The molecule has 1 heterocycles. The Morgan fingerprint density at radius 2 is 2.22 bits per heavy atom. The first-order valence-electron chi connectivity index (χ1n) is 5.07. The second kappa shape index (κ2) is 5.16. The fourth-order valence-electron chi connectivity index (χ4n) is 1.67. The highest BCUT2D eigenvalue weighted by Gasteiger charge is 2.35. The molecule has 1 fully saturated rings. The standard InChI is InChI=1S/C11H9ClFNO3S/c12-6-1-2-7(8(13)3-6)10(15)14-5-18-4-9(14)11(16)17/h1-3,9H,4-5H2,(H,16,17)/t9-/m0/s1. The van der Waals surface area contributed by atoms with Crippen molar-refractivity contribution in [1.29, 1.82) is 0 Å². The van der Waals surface area contributed by atoms with Crippen LogP contribution in [0.15, 0.2) is 18.2 Å². The lowest BCUT2D eigenvalue weighted by atomic mass is 10.1. The molecule has 96 valence electrons. The van der Waals surface area contributed by atoms with Crippen LogP contribution in [-0.2, 0) is 4.79 Å². The molecule has 1 atom stereocenters. The number of hydrogen-bond acceptors (Lipinski definition) is 3. The molecule has 1 aliphatic rings. The first kappa shape index (κ1) is 13.2. The van der Waals surface area contributed by atoms with Crippen molar-refractivity contribution >= 4 is 35.2 Å². The maximum Gasteiger partial charge on any atom is 0.327 e. The van der Waals surface area contributed by atoms with Gasteiger partial charge < -0.3 is 10.0 Å². The average Bonchev–Trinajstić information content (AvgIpc) is 2.77. The Kier molecular flexibility index (Phi) is 3.77. The van der Waals surface area contributed by atoms with E-state index in [-0.39, 0.29) is 16.5 Å². The van der Waals surface area contributed by atoms with Gasteiger partial charge in [0.1, 0.15) is 11.9 Å². The summed E-state index contributed by atoms with van der Waals surface area (Å²) in [6.07, 6.45) is 0. The minimum absolute atomic E-state index is 0.159. The smallest absolute Gasteiger partial charge is 0.327 e. The topological polar surface area (TPSA) is 57.6 Å². The molecule has 1 aromatic rings. The Morgan fingerprint density at radius 3 is 2.83 bits per heavy atom. The third-order valence-electron chi connectivity index (χ3n) is 2.59. The van der Waals surface area contributed by atoms with Crippen LogP contribution in [-0.4, -0.2) is 39.6 Å². The van der Waals surface area contributed by atoms with E-state index in [9.17, 15) is 14.0 Å². The quantitative estimate of drug-likeness (QED) is 0.905. The molecule has 18 heavy (non-hydrogen) atoms. The summed E-state index contributed by atoms with van der Waals surface area (Å²) < 4.78 is 13.6. The average molecular weight is 290 g/mol. The van der Waals surface area contributed by atoms with Crippen molar-refractivity contribution in [3.05, 3.63) is 34.6 Å². The molecular formula is C11H9ClFNO3S. The number of carboxylic acid groups (broad SMARTS) is 1. The number of rotatable bonds is 2. The fourth-order valence-corrected chi connectivity index (χ4v) is 2.97. The predicted octanol–water partition coefficient (Wildman–Crippen LogP) is 2.08. The third kappa shape index (κ3) is 2.44. The van der Waals surface area contributed by atoms with E-state index >= 15 is 0 Å². The summed E-state index contributed by atoms with van der Waals surface area (Å²) in [7, 11) is 0. The number of hydrogen-bond donors (Lipinski definition) is 1. The highest BCUT2D eigenvalue weighted by atomic mass is 35.5. The van der Waals surface area contributed by atoms with Crippen LogP contribution in [0, 0.1) is 5.82 Å². The highest BCUT2D eigenvalue weighted by molar-refractivity contribution is 7.99. The summed E-state index contributed by atoms with van der Waals surface area (Å²) in [4.78, 5) is 24.2. The van der Waals surface area contributed by atoms with E-state index in [1.807, 2.05) is 0 Å². The zero-order valence-corrected chi connectivity index (χ0v) is 10.7. The molecule has 0 unspecified atom stereocenters. The number of carboxylic acids is 1. The van der Waals surface area contributed by atoms with Gasteiger partial charge in [0.2, 0.25) is 0 Å². The van der Waals surface area contributed by atoms with Gasteiger partial charge in [-0.15, -0.1) is 11.8 Å². The zero-order valence-electron chi connectivity index (χ0n) is 9.10. The van der Waals surface area contributed by atoms with Crippen LogP contribution in [0.25, 0.3) is 0 Å². The fraction of sp³-hybridized carbons (Fsp3) is 0.273. The SMILES string of the molecule is O=C(O)[C@@H]1CSCN1C(=O)c1ccc(Cl)cc1F. The molecule has 1 aliphatic heterocycles. The van der Waals surface area contributed by atoms with Gasteiger partial charge in [-0.3, -0.25) is 4.79 Å². The highest BCUT2D eigenvalue weighted by Crippen LogP contribution is 2.25. The Bertz CT molecular complexity index is 511. The van der Waals surface area contributed by atoms with E-state index in [0.717, 1.165) is 11.0 Å². The number of carbonyl (C=O) groups is 2. The summed E-state index contributed by atoms with van der Waals surface area (Å²) >= 11 is 6.92. The van der Waals surface area contributed by atoms with E-state index in [4.69, 9.17) is 16.7 Å². The van der Waals surface area contributed by atoms with Gasteiger partial charge in [0.25, 0.3) is 5.91 Å². The van der Waals surface area contributed by atoms with Crippen molar-refractivity contribution in [2.45, 2.75) is 6.04 Å². The predicted molar refractivity (Wildman–Crippen MR) is 66.3 cm³/mol. The van der Waals surface area contributed by atoms with Gasteiger partial charge >= 0.3 is 5.97 Å². The Labute approximate surface area is 112 Å². The van der Waals surface area contributed by atoms with Gasteiger partial charge in [0, 0.05) is 10.8 Å². The van der Waals surface area contributed by atoms with Crippen LogP contribution in [0.2, 0.25) is 5.02 Å². The maximum absolute atomic E-state index is 13.6. The summed E-state index contributed by atoms with van der Waals surface area (Å²) in [5.74, 6) is -1.88. The first-order chi connectivity index (χ1) is 8.50. The van der Waals surface area contributed by atoms with E-state index in [0.29, 0.717) is 5.75 Å². The van der Waals surface area contributed by atoms with Crippen molar-refractivity contribution in [2.24, 2.45) is 0 Å². The number of benzene rings is 1. The van der Waals surface area contributed by atoms with Crippen LogP contribution < -0.4 is 0 Å². The zero-order chi connectivity index (χ0) is 13.3. The number of carbonyl (C=O) groups excluding carboxylic acids is 1. The van der Waals surface area contributed by atoms with Gasteiger partial charge in [-0.2, -0.15) is 0 Å². The molecule has 4 nitrogen and oxygen atoms in total. The molecule has 2 rings (SSSR count). The largest absolute Gasteiger partial charge is 0.480 e. The van der Waals surface area contributed by atoms with Crippen molar-refractivity contribution in [3.63, 3.8) is 0 Å². The van der Waals surface area contributed by atoms with Crippen LogP contribution >= 0.6 is 23.4 Å². The third-order valence-corrected chi connectivity index (χ3v) is 3.84. The van der Waals surface area contributed by atoms with Gasteiger partial charge in [-0.25, -0.2) is 9.18 Å². The molecule has 0 spiro atoms. The van der Waals surface area contributed by atoms with Gasteiger partial charge in [-0.05, 0) is 18.2 Å². The van der Waals surface area contributed by atoms with Crippen molar-refractivity contribution in [1.82, 2.24) is 4.90 Å². The minimum Gasteiger partial charge on any atom is -0.480 e. The van der Waals surface area contributed by atoms with E-state index in [1.165, 1.54) is 23.9 Å². The Morgan fingerprint density at radius 1 is 1.50 bits per heavy atom. The van der Waals surface area contributed by atoms with Crippen LogP contribution in [0.4, 0.5) is 4.39 Å². The van der Waals surface area contributed by atoms with Crippen LogP contribution in [0.3, 0.4) is 0 Å². The number of aliphatic carboxylic acids is 1. The monoisotopic (exact) mass is 289 g/mol.